The Hall–Kier alpha value is -2.47. The maximum atomic E-state index is 11.3. The second-order valence-electron chi connectivity index (χ2n) is 3.63. The largest absolute Gasteiger partial charge is 0.463 e. The van der Waals surface area contributed by atoms with Crippen LogP contribution in [-0.2, 0) is 11.3 Å². The third-order valence-electron chi connectivity index (χ3n) is 2.37. The fraction of sp³-hybridized carbons (Fsp3) is 0.273. The quantitative estimate of drug-likeness (QED) is 0.637. The van der Waals surface area contributed by atoms with Crippen LogP contribution in [0, 0.1) is 11.3 Å². The van der Waals surface area contributed by atoms with Crippen molar-refractivity contribution >= 4 is 23.7 Å². The third-order valence-corrected chi connectivity index (χ3v) is 3.21. The molecule has 2 heterocycles. The van der Waals surface area contributed by atoms with Crippen LogP contribution in [0.2, 0.25) is 0 Å². The summed E-state index contributed by atoms with van der Waals surface area (Å²) >= 11 is 1.22. The van der Waals surface area contributed by atoms with E-state index in [1.165, 1.54) is 24.9 Å². The van der Waals surface area contributed by atoms with Crippen molar-refractivity contribution in [1.82, 2.24) is 14.8 Å². The van der Waals surface area contributed by atoms with Crippen molar-refractivity contribution in [3.05, 3.63) is 23.7 Å². The molecule has 0 aliphatic rings. The van der Waals surface area contributed by atoms with E-state index in [0.717, 1.165) is 0 Å². The highest BCUT2D eigenvalue weighted by Gasteiger charge is 2.15. The van der Waals surface area contributed by atoms with Crippen LogP contribution in [-0.4, -0.2) is 33.6 Å². The molecule has 104 valence electrons. The molecule has 0 spiro atoms. The van der Waals surface area contributed by atoms with Crippen molar-refractivity contribution in [3.63, 3.8) is 0 Å². The van der Waals surface area contributed by atoms with E-state index in [9.17, 15) is 4.79 Å². The Morgan fingerprint density at radius 3 is 3.10 bits per heavy atom. The van der Waals surface area contributed by atoms with Crippen molar-refractivity contribution in [2.75, 3.05) is 18.6 Å². The van der Waals surface area contributed by atoms with Gasteiger partial charge in [-0.3, -0.25) is 4.57 Å². The van der Waals surface area contributed by atoms with Gasteiger partial charge in [-0.25, -0.2) is 4.79 Å². The molecule has 0 atom stereocenters. The second kappa shape index (κ2) is 6.12. The average Bonchev–Trinajstić information content (AvgIpc) is 3.05. The van der Waals surface area contributed by atoms with Gasteiger partial charge in [-0.2, -0.15) is 5.26 Å². The lowest BCUT2D eigenvalue weighted by molar-refractivity contribution is 0.0563. The first-order valence-electron chi connectivity index (χ1n) is 5.51. The predicted molar refractivity (Wildman–Crippen MR) is 69.9 cm³/mol. The number of furan rings is 1. The molecule has 0 aliphatic carbocycles. The van der Waals surface area contributed by atoms with Crippen molar-refractivity contribution in [2.45, 2.75) is 11.7 Å². The van der Waals surface area contributed by atoms with Crippen molar-refractivity contribution in [2.24, 2.45) is 0 Å². The van der Waals surface area contributed by atoms with Crippen LogP contribution in [0.4, 0.5) is 5.95 Å². The van der Waals surface area contributed by atoms with Crippen LogP contribution in [0.25, 0.3) is 0 Å². The van der Waals surface area contributed by atoms with E-state index in [1.54, 1.807) is 10.6 Å². The van der Waals surface area contributed by atoms with Crippen LogP contribution in [0.15, 0.2) is 21.7 Å². The van der Waals surface area contributed by atoms with E-state index in [4.69, 9.17) is 15.4 Å². The Labute approximate surface area is 118 Å². The predicted octanol–water partition coefficient (Wildman–Crippen LogP) is 0.904. The topological polar surface area (TPSA) is 120 Å². The molecule has 0 bridgehead atoms. The molecule has 0 saturated carbocycles. The number of nitrogen functional groups attached to an aromatic ring is 1. The van der Waals surface area contributed by atoms with Gasteiger partial charge in [-0.1, -0.05) is 11.8 Å². The molecule has 20 heavy (non-hydrogen) atoms. The number of nitriles is 1. The van der Waals surface area contributed by atoms with Crippen molar-refractivity contribution < 1.29 is 13.9 Å². The molecule has 0 aliphatic heterocycles. The number of methoxy groups -OCH3 is 1. The van der Waals surface area contributed by atoms with E-state index in [1.807, 2.05) is 6.07 Å². The minimum absolute atomic E-state index is 0.111. The lowest BCUT2D eigenvalue weighted by atomic mass is 10.4. The lowest BCUT2D eigenvalue weighted by Gasteiger charge is -2.04. The number of hydrogen-bond acceptors (Lipinski definition) is 8. The Bertz CT molecular complexity index is 657. The molecule has 0 amide bonds. The zero-order valence-corrected chi connectivity index (χ0v) is 11.4. The number of esters is 1. The summed E-state index contributed by atoms with van der Waals surface area (Å²) in [5.74, 6) is 0.522. The van der Waals surface area contributed by atoms with Crippen molar-refractivity contribution in [1.29, 1.82) is 5.26 Å². The smallest absolute Gasteiger partial charge is 0.373 e. The Morgan fingerprint density at radius 2 is 2.40 bits per heavy atom. The number of nitrogens with zero attached hydrogens (tertiary/aromatic N) is 4. The number of rotatable bonds is 5. The third kappa shape index (κ3) is 2.92. The van der Waals surface area contributed by atoms with Gasteiger partial charge < -0.3 is 14.9 Å². The molecule has 0 fully saturated rings. The minimum Gasteiger partial charge on any atom is -0.463 e. The number of aromatic nitrogens is 3. The normalized spacial score (nSPS) is 10.2. The van der Waals surface area contributed by atoms with E-state index >= 15 is 0 Å². The maximum absolute atomic E-state index is 11.3. The number of thioether (sulfide) groups is 1. The van der Waals surface area contributed by atoms with Gasteiger partial charge in [0.15, 0.2) is 5.16 Å². The van der Waals surface area contributed by atoms with E-state index in [0.29, 0.717) is 10.9 Å². The number of carbonyl (C=O) groups is 1. The van der Waals surface area contributed by atoms with Gasteiger partial charge >= 0.3 is 5.97 Å². The van der Waals surface area contributed by atoms with E-state index in [2.05, 4.69) is 14.9 Å². The first kappa shape index (κ1) is 14.0. The fourth-order valence-corrected chi connectivity index (χ4v) is 2.09. The van der Waals surface area contributed by atoms with E-state index < -0.39 is 5.97 Å². The molecule has 8 nitrogen and oxygen atoms in total. The maximum Gasteiger partial charge on any atom is 0.373 e. The Balaban J connectivity index is 2.17. The highest BCUT2D eigenvalue weighted by atomic mass is 32.2. The highest BCUT2D eigenvalue weighted by Crippen LogP contribution is 2.20. The highest BCUT2D eigenvalue weighted by molar-refractivity contribution is 7.99. The summed E-state index contributed by atoms with van der Waals surface area (Å²) in [7, 11) is 1.28. The SMILES string of the molecule is COC(=O)c1ccc(Cn2c(N)nnc2SCC#N)o1. The standard InChI is InChI=1S/C11H11N5O3S/c1-18-9(17)8-3-2-7(19-8)6-16-10(13)14-15-11(16)20-5-4-12/h2-3H,5-6H2,1H3,(H2,13,14). The number of carbonyl (C=O) groups excluding carboxylic acids is 1. The number of anilines is 1. The molecule has 0 aromatic carbocycles. The molecule has 0 unspecified atom stereocenters. The summed E-state index contributed by atoms with van der Waals surface area (Å²) in [6.45, 7) is 0.267. The zero-order valence-electron chi connectivity index (χ0n) is 10.6. The monoisotopic (exact) mass is 293 g/mol. The molecule has 2 aromatic rings. The van der Waals surface area contributed by atoms with Crippen LogP contribution in [0.3, 0.4) is 0 Å². The molecule has 0 saturated heterocycles. The average molecular weight is 293 g/mol. The first-order valence-corrected chi connectivity index (χ1v) is 6.49. The molecule has 9 heteroatoms. The second-order valence-corrected chi connectivity index (χ2v) is 4.57. The van der Waals surface area contributed by atoms with Gasteiger partial charge in [0.1, 0.15) is 5.76 Å². The summed E-state index contributed by atoms with van der Waals surface area (Å²) < 4.78 is 11.5. The summed E-state index contributed by atoms with van der Waals surface area (Å²) in [6.07, 6.45) is 0. The fourth-order valence-electron chi connectivity index (χ4n) is 1.48. The lowest BCUT2D eigenvalue weighted by Crippen LogP contribution is -2.05. The van der Waals surface area contributed by atoms with Gasteiger partial charge in [0.05, 0.1) is 25.5 Å². The van der Waals surface area contributed by atoms with Crippen LogP contribution in [0.5, 0.6) is 0 Å². The van der Waals surface area contributed by atoms with Gasteiger partial charge in [-0.15, -0.1) is 10.2 Å². The first-order chi connectivity index (χ1) is 9.65. The Morgan fingerprint density at radius 1 is 1.60 bits per heavy atom. The molecular formula is C11H11N5O3S. The van der Waals surface area contributed by atoms with Crippen LogP contribution >= 0.6 is 11.8 Å². The van der Waals surface area contributed by atoms with Crippen LogP contribution < -0.4 is 5.73 Å². The minimum atomic E-state index is -0.549. The van der Waals surface area contributed by atoms with Crippen molar-refractivity contribution in [3.8, 4) is 6.07 Å². The number of hydrogen-bond donors (Lipinski definition) is 1. The summed E-state index contributed by atoms with van der Waals surface area (Å²) in [6, 6.07) is 5.16. The molecule has 0 radical (unpaired) electrons. The number of nitrogens with two attached hydrogens (primary N) is 1. The molecule has 2 rings (SSSR count). The van der Waals surface area contributed by atoms with Gasteiger partial charge in [0, 0.05) is 0 Å². The summed E-state index contributed by atoms with van der Waals surface area (Å²) in [5.41, 5.74) is 5.71. The van der Waals surface area contributed by atoms with Gasteiger partial charge in [-0.05, 0) is 12.1 Å². The molecule has 2 N–H and O–H groups in total. The van der Waals surface area contributed by atoms with Crippen LogP contribution in [0.1, 0.15) is 16.3 Å². The molecular weight excluding hydrogens is 282 g/mol. The zero-order chi connectivity index (χ0) is 14.5. The summed E-state index contributed by atoms with van der Waals surface area (Å²) in [5, 5.41) is 16.7. The molecule has 2 aromatic heterocycles. The van der Waals surface area contributed by atoms with Gasteiger partial charge in [0.2, 0.25) is 11.7 Å². The van der Waals surface area contributed by atoms with E-state index in [-0.39, 0.29) is 24.0 Å². The number of ether oxygens (including phenoxy) is 1. The van der Waals surface area contributed by atoms with Gasteiger partial charge in [0.25, 0.3) is 0 Å². The summed E-state index contributed by atoms with van der Waals surface area (Å²) in [4.78, 5) is 11.3. The Kier molecular flexibility index (Phi) is 4.27.